The second kappa shape index (κ2) is 4.88. The molecule has 1 N–H and O–H groups in total. The Hall–Kier alpha value is -1.35. The Morgan fingerprint density at radius 1 is 1.47 bits per heavy atom. The number of carbonyl (C=O) groups is 1. The van der Waals surface area contributed by atoms with Crippen molar-refractivity contribution in [2.24, 2.45) is 5.92 Å². The summed E-state index contributed by atoms with van der Waals surface area (Å²) in [5.41, 5.74) is 3.00. The van der Waals surface area contributed by atoms with Gasteiger partial charge in [-0.1, -0.05) is 12.1 Å². The van der Waals surface area contributed by atoms with Crippen molar-refractivity contribution >= 4 is 5.91 Å². The maximum Gasteiger partial charge on any atom is 0.254 e. The molecule has 0 aliphatic carbocycles. The summed E-state index contributed by atoms with van der Waals surface area (Å²) in [5.74, 6) is 0.353. The number of aliphatic hydroxyl groups excluding tert-OH is 1. The molecular weight excluding hydrogens is 214 g/mol. The fraction of sp³-hybridized carbons (Fsp3) is 0.500. The Bertz CT molecular complexity index is 428. The number of benzene rings is 1. The van der Waals surface area contributed by atoms with E-state index in [9.17, 15) is 4.79 Å². The molecule has 0 radical (unpaired) electrons. The lowest BCUT2D eigenvalue weighted by atomic mass is 10.0. The van der Waals surface area contributed by atoms with Crippen LogP contribution in [0, 0.1) is 19.8 Å². The molecule has 1 unspecified atom stereocenters. The first kappa shape index (κ1) is 12.1. The SMILES string of the molecule is Cc1cccc(C(=O)N2CCC(CO)C2)c1C. The van der Waals surface area contributed by atoms with Gasteiger partial charge in [0.05, 0.1) is 0 Å². The Morgan fingerprint density at radius 2 is 2.24 bits per heavy atom. The molecule has 0 saturated carbocycles. The molecule has 1 atom stereocenters. The topological polar surface area (TPSA) is 40.5 Å². The quantitative estimate of drug-likeness (QED) is 0.845. The van der Waals surface area contributed by atoms with Crippen LogP contribution in [0.15, 0.2) is 18.2 Å². The number of hydrogen-bond acceptors (Lipinski definition) is 2. The third kappa shape index (κ3) is 2.34. The highest BCUT2D eigenvalue weighted by Crippen LogP contribution is 2.20. The van der Waals surface area contributed by atoms with Crippen molar-refractivity contribution in [1.82, 2.24) is 4.90 Å². The van der Waals surface area contributed by atoms with Crippen LogP contribution in [0.1, 0.15) is 27.9 Å². The maximum atomic E-state index is 12.3. The second-order valence-corrected chi connectivity index (χ2v) is 4.84. The van der Waals surface area contributed by atoms with E-state index in [1.165, 1.54) is 0 Å². The lowest BCUT2D eigenvalue weighted by Crippen LogP contribution is -2.29. The van der Waals surface area contributed by atoms with Crippen LogP contribution in [-0.2, 0) is 0 Å². The van der Waals surface area contributed by atoms with Crippen LogP contribution >= 0.6 is 0 Å². The Morgan fingerprint density at radius 3 is 2.88 bits per heavy atom. The summed E-state index contributed by atoms with van der Waals surface area (Å²) in [6.45, 7) is 5.63. The van der Waals surface area contributed by atoms with Crippen LogP contribution in [-0.4, -0.2) is 35.6 Å². The molecular formula is C14H19NO2. The number of carbonyl (C=O) groups excluding carboxylic acids is 1. The molecule has 0 spiro atoms. The largest absolute Gasteiger partial charge is 0.396 e. The molecule has 1 aromatic rings. The summed E-state index contributed by atoms with van der Waals surface area (Å²) in [4.78, 5) is 14.2. The van der Waals surface area contributed by atoms with E-state index in [1.807, 2.05) is 36.9 Å². The monoisotopic (exact) mass is 233 g/mol. The highest BCUT2D eigenvalue weighted by Gasteiger charge is 2.27. The van der Waals surface area contributed by atoms with E-state index in [0.29, 0.717) is 6.54 Å². The molecule has 1 saturated heterocycles. The molecule has 3 nitrogen and oxygen atoms in total. The molecule has 0 bridgehead atoms. The third-order valence-corrected chi connectivity index (χ3v) is 3.67. The summed E-state index contributed by atoms with van der Waals surface area (Å²) in [7, 11) is 0. The summed E-state index contributed by atoms with van der Waals surface area (Å²) in [5, 5.41) is 9.10. The maximum absolute atomic E-state index is 12.3. The van der Waals surface area contributed by atoms with Gasteiger partial charge in [-0.15, -0.1) is 0 Å². The average molecular weight is 233 g/mol. The molecule has 92 valence electrons. The number of likely N-dealkylation sites (tertiary alicyclic amines) is 1. The average Bonchev–Trinajstić information content (AvgIpc) is 2.80. The van der Waals surface area contributed by atoms with Crippen molar-refractivity contribution in [3.63, 3.8) is 0 Å². The minimum atomic E-state index is 0.0992. The zero-order chi connectivity index (χ0) is 12.4. The normalized spacial score (nSPS) is 19.7. The fourth-order valence-electron chi connectivity index (χ4n) is 2.32. The molecule has 0 aromatic heterocycles. The van der Waals surface area contributed by atoms with Gasteiger partial charge < -0.3 is 10.0 Å². The van der Waals surface area contributed by atoms with Gasteiger partial charge in [0.1, 0.15) is 0 Å². The molecule has 17 heavy (non-hydrogen) atoms. The lowest BCUT2D eigenvalue weighted by Gasteiger charge is -2.18. The summed E-state index contributed by atoms with van der Waals surface area (Å²) >= 11 is 0. The van der Waals surface area contributed by atoms with Gasteiger partial charge in [-0.05, 0) is 37.5 Å². The second-order valence-electron chi connectivity index (χ2n) is 4.84. The Kier molecular flexibility index (Phi) is 3.48. The van der Waals surface area contributed by atoms with E-state index in [2.05, 4.69) is 0 Å². The molecule has 1 amide bonds. The first-order valence-electron chi connectivity index (χ1n) is 6.10. The van der Waals surface area contributed by atoms with Gasteiger partial charge in [-0.3, -0.25) is 4.79 Å². The first-order chi connectivity index (χ1) is 8.13. The number of rotatable bonds is 2. The number of aliphatic hydroxyl groups is 1. The van der Waals surface area contributed by atoms with Crippen molar-refractivity contribution in [3.8, 4) is 0 Å². The molecule has 1 aromatic carbocycles. The zero-order valence-electron chi connectivity index (χ0n) is 10.4. The van der Waals surface area contributed by atoms with Crippen molar-refractivity contribution in [3.05, 3.63) is 34.9 Å². The van der Waals surface area contributed by atoms with Crippen LogP contribution in [0.3, 0.4) is 0 Å². The van der Waals surface area contributed by atoms with Crippen LogP contribution in [0.2, 0.25) is 0 Å². The van der Waals surface area contributed by atoms with E-state index < -0.39 is 0 Å². The molecule has 1 fully saturated rings. The van der Waals surface area contributed by atoms with Gasteiger partial charge >= 0.3 is 0 Å². The summed E-state index contributed by atoms with van der Waals surface area (Å²) in [6.07, 6.45) is 0.910. The van der Waals surface area contributed by atoms with Gasteiger partial charge in [0.25, 0.3) is 5.91 Å². The van der Waals surface area contributed by atoms with Crippen molar-refractivity contribution in [2.75, 3.05) is 19.7 Å². The van der Waals surface area contributed by atoms with Gasteiger partial charge in [0.15, 0.2) is 0 Å². The van der Waals surface area contributed by atoms with Crippen LogP contribution in [0.5, 0.6) is 0 Å². The van der Waals surface area contributed by atoms with E-state index in [0.717, 1.165) is 29.7 Å². The molecule has 1 aliphatic heterocycles. The predicted molar refractivity (Wildman–Crippen MR) is 67.0 cm³/mol. The molecule has 1 heterocycles. The Labute approximate surface area is 102 Å². The van der Waals surface area contributed by atoms with Gasteiger partial charge in [-0.2, -0.15) is 0 Å². The van der Waals surface area contributed by atoms with E-state index in [1.54, 1.807) is 0 Å². The number of nitrogens with zero attached hydrogens (tertiary/aromatic N) is 1. The predicted octanol–water partition coefficient (Wildman–Crippen LogP) is 1.76. The highest BCUT2D eigenvalue weighted by atomic mass is 16.3. The summed E-state index contributed by atoms with van der Waals surface area (Å²) < 4.78 is 0. The zero-order valence-corrected chi connectivity index (χ0v) is 10.4. The van der Waals surface area contributed by atoms with Gasteiger partial charge in [-0.25, -0.2) is 0 Å². The first-order valence-corrected chi connectivity index (χ1v) is 6.10. The van der Waals surface area contributed by atoms with Crippen LogP contribution in [0.25, 0.3) is 0 Å². The van der Waals surface area contributed by atoms with Gasteiger partial charge in [0.2, 0.25) is 0 Å². The van der Waals surface area contributed by atoms with Crippen molar-refractivity contribution in [2.45, 2.75) is 20.3 Å². The van der Waals surface area contributed by atoms with E-state index in [4.69, 9.17) is 5.11 Å². The molecule has 2 rings (SSSR count). The fourth-order valence-corrected chi connectivity index (χ4v) is 2.32. The standard InChI is InChI=1S/C14H19NO2/c1-10-4-3-5-13(11(10)2)14(17)15-7-6-12(8-15)9-16/h3-5,12,16H,6-9H2,1-2H3. The number of hydrogen-bond donors (Lipinski definition) is 1. The number of aryl methyl sites for hydroxylation is 1. The molecule has 1 aliphatic rings. The smallest absolute Gasteiger partial charge is 0.254 e. The highest BCUT2D eigenvalue weighted by molar-refractivity contribution is 5.96. The summed E-state index contributed by atoms with van der Waals surface area (Å²) in [6, 6.07) is 5.83. The van der Waals surface area contributed by atoms with E-state index in [-0.39, 0.29) is 18.4 Å². The van der Waals surface area contributed by atoms with Gasteiger partial charge in [0, 0.05) is 31.2 Å². The van der Waals surface area contributed by atoms with Crippen LogP contribution in [0.4, 0.5) is 0 Å². The lowest BCUT2D eigenvalue weighted by molar-refractivity contribution is 0.0781. The minimum Gasteiger partial charge on any atom is -0.396 e. The van der Waals surface area contributed by atoms with E-state index >= 15 is 0 Å². The Balaban J connectivity index is 2.18. The number of amides is 1. The minimum absolute atomic E-state index is 0.0992. The van der Waals surface area contributed by atoms with Crippen molar-refractivity contribution in [1.29, 1.82) is 0 Å². The van der Waals surface area contributed by atoms with Crippen molar-refractivity contribution < 1.29 is 9.90 Å². The van der Waals surface area contributed by atoms with Crippen LogP contribution < -0.4 is 0 Å². The third-order valence-electron chi connectivity index (χ3n) is 3.67. The molecule has 3 heteroatoms.